The summed E-state index contributed by atoms with van der Waals surface area (Å²) in [6.07, 6.45) is 2.18. The predicted octanol–water partition coefficient (Wildman–Crippen LogP) is 6.28. The predicted molar refractivity (Wildman–Crippen MR) is 176 cm³/mol. The second-order valence-electron chi connectivity index (χ2n) is 11.7. The van der Waals surface area contributed by atoms with E-state index in [1.807, 2.05) is 54.0 Å². The van der Waals surface area contributed by atoms with Gasteiger partial charge >= 0.3 is 0 Å². The van der Waals surface area contributed by atoms with Crippen molar-refractivity contribution in [2.24, 2.45) is 0 Å². The van der Waals surface area contributed by atoms with Gasteiger partial charge in [0.15, 0.2) is 5.65 Å². The summed E-state index contributed by atoms with van der Waals surface area (Å²) < 4.78 is 2.23. The van der Waals surface area contributed by atoms with Gasteiger partial charge in [-0.25, -0.2) is 4.98 Å². The van der Waals surface area contributed by atoms with Crippen molar-refractivity contribution in [1.29, 1.82) is 0 Å². The van der Waals surface area contributed by atoms with Gasteiger partial charge in [0.2, 0.25) is 11.1 Å². The Morgan fingerprint density at radius 2 is 1.68 bits per heavy atom. The third-order valence-corrected chi connectivity index (χ3v) is 9.27. The molecule has 1 aliphatic heterocycles. The maximum atomic E-state index is 13.0. The van der Waals surface area contributed by atoms with Crippen molar-refractivity contribution >= 4 is 45.6 Å². The number of hydrogen-bond donors (Lipinski definition) is 0. The van der Waals surface area contributed by atoms with Crippen LogP contribution in [0.5, 0.6) is 0 Å². The zero-order chi connectivity index (χ0) is 30.6. The quantitative estimate of drug-likeness (QED) is 0.145. The Morgan fingerprint density at radius 3 is 2.45 bits per heavy atom. The van der Waals surface area contributed by atoms with Gasteiger partial charge in [-0.15, -0.1) is 10.2 Å². The van der Waals surface area contributed by atoms with E-state index in [0.29, 0.717) is 43.3 Å². The van der Waals surface area contributed by atoms with Gasteiger partial charge in [-0.1, -0.05) is 71.4 Å². The number of hydrogen-bond acceptors (Lipinski definition) is 6. The minimum Gasteiger partial charge on any atom is -0.339 e. The lowest BCUT2D eigenvalue weighted by Gasteiger charge is -2.40. The van der Waals surface area contributed by atoms with Crippen molar-refractivity contribution < 1.29 is 9.59 Å². The molecule has 0 saturated carbocycles. The standard InChI is InChI=1S/C35H38N6O2S/c1-24-12-15-28(16-13-24)34(43)40-19-18-39(22-26(40)3)31(42)11-7-8-20-44-35-36-33-32(37-38-35)29-21-25(2)14-17-30(29)41(33)23-27-9-5-4-6-10-27/h4-6,9-10,12-17,21,26H,7-8,11,18-20,22-23H2,1-3H3. The van der Waals surface area contributed by atoms with Crippen LogP contribution < -0.4 is 0 Å². The molecule has 44 heavy (non-hydrogen) atoms. The van der Waals surface area contributed by atoms with Crippen LogP contribution in [0.2, 0.25) is 0 Å². The maximum Gasteiger partial charge on any atom is 0.254 e. The van der Waals surface area contributed by atoms with Gasteiger partial charge in [-0.3, -0.25) is 9.59 Å². The third-order valence-electron chi connectivity index (χ3n) is 8.34. The number of amides is 2. The average molecular weight is 607 g/mol. The van der Waals surface area contributed by atoms with Gasteiger partial charge in [0.25, 0.3) is 5.91 Å². The Kier molecular flexibility index (Phi) is 8.93. The molecule has 9 heteroatoms. The molecule has 1 saturated heterocycles. The summed E-state index contributed by atoms with van der Waals surface area (Å²) in [5.74, 6) is 1.00. The van der Waals surface area contributed by atoms with Crippen molar-refractivity contribution in [2.45, 2.75) is 57.8 Å². The fourth-order valence-electron chi connectivity index (χ4n) is 5.89. The van der Waals surface area contributed by atoms with E-state index < -0.39 is 0 Å². The summed E-state index contributed by atoms with van der Waals surface area (Å²) in [6, 6.07) is 24.5. The van der Waals surface area contributed by atoms with Crippen LogP contribution in [-0.4, -0.2) is 72.8 Å². The highest BCUT2D eigenvalue weighted by atomic mass is 32.2. The number of nitrogens with zero attached hydrogens (tertiary/aromatic N) is 6. The lowest BCUT2D eigenvalue weighted by atomic mass is 10.1. The number of carbonyl (C=O) groups is 2. The number of piperazine rings is 1. The summed E-state index contributed by atoms with van der Waals surface area (Å²) in [6.45, 7) is 8.53. The molecule has 5 aromatic rings. The van der Waals surface area contributed by atoms with Crippen molar-refractivity contribution in [3.05, 3.63) is 95.1 Å². The molecule has 0 radical (unpaired) electrons. The summed E-state index contributed by atoms with van der Waals surface area (Å²) in [4.78, 5) is 34.7. The van der Waals surface area contributed by atoms with Crippen LogP contribution in [0.1, 0.15) is 53.2 Å². The van der Waals surface area contributed by atoms with Crippen molar-refractivity contribution in [3.63, 3.8) is 0 Å². The molecule has 3 aromatic carbocycles. The molecule has 0 aliphatic carbocycles. The van der Waals surface area contributed by atoms with Crippen molar-refractivity contribution in [3.8, 4) is 0 Å². The number of benzene rings is 3. The van der Waals surface area contributed by atoms with Crippen molar-refractivity contribution in [2.75, 3.05) is 25.4 Å². The fraction of sp³-hybridized carbons (Fsp3) is 0.343. The third kappa shape index (κ3) is 6.48. The van der Waals surface area contributed by atoms with Crippen LogP contribution in [0, 0.1) is 13.8 Å². The van der Waals surface area contributed by atoms with Gasteiger partial charge in [0.1, 0.15) is 5.52 Å². The van der Waals surface area contributed by atoms with Crippen LogP contribution >= 0.6 is 11.8 Å². The van der Waals surface area contributed by atoms with Gasteiger partial charge < -0.3 is 14.4 Å². The Bertz CT molecular complexity index is 1790. The molecule has 3 heterocycles. The molecule has 8 nitrogen and oxygen atoms in total. The minimum absolute atomic E-state index is 0.0157. The van der Waals surface area contributed by atoms with Crippen LogP contribution in [0.4, 0.5) is 0 Å². The molecule has 1 atom stereocenters. The Morgan fingerprint density at radius 1 is 0.909 bits per heavy atom. The Hall–Kier alpha value is -4.24. The van der Waals surface area contributed by atoms with E-state index in [1.165, 1.54) is 11.1 Å². The molecule has 6 rings (SSSR count). The molecule has 2 amide bonds. The van der Waals surface area contributed by atoms with Crippen LogP contribution in [0.3, 0.4) is 0 Å². The molecule has 226 valence electrons. The maximum absolute atomic E-state index is 13.0. The molecule has 0 spiro atoms. The second kappa shape index (κ2) is 13.2. The summed E-state index contributed by atoms with van der Waals surface area (Å²) >= 11 is 1.59. The molecular weight excluding hydrogens is 568 g/mol. The highest BCUT2D eigenvalue weighted by Gasteiger charge is 2.30. The first-order chi connectivity index (χ1) is 21.4. The zero-order valence-corrected chi connectivity index (χ0v) is 26.4. The van der Waals surface area contributed by atoms with Crippen LogP contribution in [0.15, 0.2) is 78.0 Å². The van der Waals surface area contributed by atoms with Crippen LogP contribution in [0.25, 0.3) is 22.1 Å². The first kappa shape index (κ1) is 29.8. The fourth-order valence-corrected chi connectivity index (χ4v) is 6.67. The van der Waals surface area contributed by atoms with E-state index in [2.05, 4.69) is 64.2 Å². The Balaban J connectivity index is 1.02. The number of aryl methyl sites for hydroxylation is 2. The second-order valence-corrected chi connectivity index (χ2v) is 12.8. The van der Waals surface area contributed by atoms with E-state index in [4.69, 9.17) is 4.98 Å². The molecule has 1 fully saturated rings. The lowest BCUT2D eigenvalue weighted by molar-refractivity contribution is -0.133. The lowest BCUT2D eigenvalue weighted by Crippen LogP contribution is -2.55. The number of carbonyl (C=O) groups excluding carboxylic acids is 2. The largest absolute Gasteiger partial charge is 0.339 e. The average Bonchev–Trinajstić information content (AvgIpc) is 3.32. The molecule has 1 unspecified atom stereocenters. The number of unbranched alkanes of at least 4 members (excludes halogenated alkanes) is 1. The van der Waals surface area contributed by atoms with E-state index in [9.17, 15) is 9.59 Å². The van der Waals surface area contributed by atoms with Crippen molar-refractivity contribution in [1.82, 2.24) is 29.5 Å². The first-order valence-corrected chi connectivity index (χ1v) is 16.3. The van der Waals surface area contributed by atoms with Gasteiger partial charge in [-0.2, -0.15) is 0 Å². The number of fused-ring (bicyclic) bond motifs is 3. The highest BCUT2D eigenvalue weighted by Crippen LogP contribution is 2.29. The Labute approximate surface area is 262 Å². The normalized spacial score (nSPS) is 15.3. The SMILES string of the molecule is Cc1ccc(C(=O)N2CCN(C(=O)CCCCSc3nnc4c5cc(C)ccc5n(Cc5ccccc5)c4n3)CC2C)cc1. The molecule has 0 N–H and O–H groups in total. The number of thioether (sulfide) groups is 1. The molecular formula is C35H38N6O2S. The highest BCUT2D eigenvalue weighted by molar-refractivity contribution is 7.99. The number of aromatic nitrogens is 4. The van der Waals surface area contributed by atoms with Gasteiger partial charge in [0, 0.05) is 55.3 Å². The van der Waals surface area contributed by atoms with E-state index in [1.54, 1.807) is 11.8 Å². The zero-order valence-electron chi connectivity index (χ0n) is 25.6. The minimum atomic E-state index is -0.0157. The summed E-state index contributed by atoms with van der Waals surface area (Å²) in [5, 5.41) is 10.8. The molecule has 1 aliphatic rings. The monoisotopic (exact) mass is 606 g/mol. The summed E-state index contributed by atoms with van der Waals surface area (Å²) in [7, 11) is 0. The first-order valence-electron chi connectivity index (χ1n) is 15.3. The smallest absolute Gasteiger partial charge is 0.254 e. The van der Waals surface area contributed by atoms with E-state index in [-0.39, 0.29) is 17.9 Å². The number of rotatable bonds is 9. The van der Waals surface area contributed by atoms with Gasteiger partial charge in [-0.05, 0) is 63.4 Å². The molecule has 2 aromatic heterocycles. The van der Waals surface area contributed by atoms with E-state index >= 15 is 0 Å². The van der Waals surface area contributed by atoms with Crippen LogP contribution in [-0.2, 0) is 11.3 Å². The van der Waals surface area contributed by atoms with Gasteiger partial charge in [0.05, 0.1) is 5.52 Å². The van der Waals surface area contributed by atoms with E-state index in [0.717, 1.165) is 46.2 Å². The topological polar surface area (TPSA) is 84.2 Å². The summed E-state index contributed by atoms with van der Waals surface area (Å²) in [5.41, 5.74) is 6.99. The molecule has 0 bridgehead atoms.